The van der Waals surface area contributed by atoms with Crippen molar-refractivity contribution in [3.63, 3.8) is 0 Å². The van der Waals surface area contributed by atoms with E-state index in [1.54, 1.807) is 18.2 Å². The van der Waals surface area contributed by atoms with Gasteiger partial charge in [-0.1, -0.05) is 12.1 Å². The lowest BCUT2D eigenvalue weighted by Gasteiger charge is -1.93. The van der Waals surface area contributed by atoms with Crippen molar-refractivity contribution >= 4 is 22.6 Å². The molecule has 0 saturated heterocycles. The maximum Gasteiger partial charge on any atom is 0.252 e. The smallest absolute Gasteiger partial charge is 0.252 e. The van der Waals surface area contributed by atoms with Gasteiger partial charge in [0.15, 0.2) is 5.58 Å². The number of fused-ring (bicyclic) bond motifs is 1. The lowest BCUT2D eigenvalue weighted by atomic mass is 10.1. The summed E-state index contributed by atoms with van der Waals surface area (Å²) in [6.07, 6.45) is 1.32. The first-order valence-electron chi connectivity index (χ1n) is 3.75. The van der Waals surface area contributed by atoms with Crippen LogP contribution in [0.15, 0.2) is 28.9 Å². The van der Waals surface area contributed by atoms with Crippen LogP contribution in [0, 0.1) is 0 Å². The molecule has 4 nitrogen and oxygen atoms in total. The summed E-state index contributed by atoms with van der Waals surface area (Å²) < 4.78 is 5.12. The van der Waals surface area contributed by atoms with E-state index in [1.165, 1.54) is 6.26 Å². The quantitative estimate of drug-likeness (QED) is 0.638. The predicted octanol–water partition coefficient (Wildman–Crippen LogP) is 1.11. The number of primary amides is 1. The number of rotatable bonds is 1. The molecule has 0 aliphatic heterocycles. The van der Waals surface area contributed by atoms with Crippen molar-refractivity contribution in [3.8, 4) is 0 Å². The molecule has 2 aromatic rings. The Kier molecular flexibility index (Phi) is 1.48. The summed E-state index contributed by atoms with van der Waals surface area (Å²) in [4.78, 5) is 10.9. The van der Waals surface area contributed by atoms with Crippen molar-refractivity contribution < 1.29 is 9.21 Å². The van der Waals surface area contributed by atoms with Crippen LogP contribution in [0.1, 0.15) is 10.4 Å². The molecule has 4 N–H and O–H groups in total. The average Bonchev–Trinajstić information content (AvgIpc) is 2.48. The summed E-state index contributed by atoms with van der Waals surface area (Å²) >= 11 is 0. The van der Waals surface area contributed by atoms with E-state index >= 15 is 0 Å². The zero-order valence-electron chi connectivity index (χ0n) is 6.78. The highest BCUT2D eigenvalue weighted by molar-refractivity contribution is 6.07. The van der Waals surface area contributed by atoms with Gasteiger partial charge in [-0.3, -0.25) is 4.79 Å². The van der Waals surface area contributed by atoms with E-state index in [-0.39, 0.29) is 0 Å². The summed E-state index contributed by atoms with van der Waals surface area (Å²) in [6.45, 7) is 0. The summed E-state index contributed by atoms with van der Waals surface area (Å²) in [5, 5.41) is 0.660. The average molecular weight is 176 g/mol. The monoisotopic (exact) mass is 176 g/mol. The van der Waals surface area contributed by atoms with Gasteiger partial charge in [-0.05, 0) is 6.07 Å². The van der Waals surface area contributed by atoms with E-state index in [9.17, 15) is 4.79 Å². The lowest BCUT2D eigenvalue weighted by Crippen LogP contribution is -2.09. The van der Waals surface area contributed by atoms with Gasteiger partial charge in [0.1, 0.15) is 6.26 Å². The minimum absolute atomic E-state index is 0.363. The number of carbonyl (C=O) groups excluding carboxylic acids is 1. The number of para-hydroxylation sites is 1. The highest BCUT2D eigenvalue weighted by Crippen LogP contribution is 2.25. The Hall–Kier alpha value is -1.97. The SMILES string of the molecule is NC(=O)c1coc2c(N)cccc12. The van der Waals surface area contributed by atoms with Crippen LogP contribution in [0.2, 0.25) is 0 Å². The molecule has 0 fully saturated rings. The molecule has 1 aromatic carbocycles. The zero-order valence-corrected chi connectivity index (χ0v) is 6.78. The van der Waals surface area contributed by atoms with Crippen LogP contribution < -0.4 is 11.5 Å². The number of benzene rings is 1. The molecule has 13 heavy (non-hydrogen) atoms. The number of hydrogen-bond acceptors (Lipinski definition) is 3. The van der Waals surface area contributed by atoms with E-state index in [0.29, 0.717) is 22.2 Å². The Morgan fingerprint density at radius 1 is 1.38 bits per heavy atom. The third-order valence-corrected chi connectivity index (χ3v) is 1.90. The largest absolute Gasteiger partial charge is 0.461 e. The van der Waals surface area contributed by atoms with Crippen LogP contribution in [0.4, 0.5) is 5.69 Å². The molecule has 1 heterocycles. The fourth-order valence-corrected chi connectivity index (χ4v) is 1.27. The summed E-state index contributed by atoms with van der Waals surface area (Å²) in [7, 11) is 0. The molecule has 2 rings (SSSR count). The summed E-state index contributed by atoms with van der Waals surface area (Å²) in [5.74, 6) is -0.510. The first kappa shape index (κ1) is 7.67. The lowest BCUT2D eigenvalue weighted by molar-refractivity contribution is 0.100. The number of carbonyl (C=O) groups is 1. The molecular weight excluding hydrogens is 168 g/mol. The standard InChI is InChI=1S/C9H8N2O2/c10-7-3-1-2-5-6(9(11)12)4-13-8(5)7/h1-4H,10H2,(H2,11,12). The van der Waals surface area contributed by atoms with Crippen LogP contribution in [0.3, 0.4) is 0 Å². The molecule has 0 unspecified atom stereocenters. The Morgan fingerprint density at radius 3 is 2.85 bits per heavy atom. The number of nitrogen functional groups attached to an aromatic ring is 1. The normalized spacial score (nSPS) is 10.5. The molecule has 1 amide bonds. The van der Waals surface area contributed by atoms with Crippen molar-refractivity contribution in [1.29, 1.82) is 0 Å². The fourth-order valence-electron chi connectivity index (χ4n) is 1.27. The maximum absolute atomic E-state index is 10.9. The number of amides is 1. The highest BCUT2D eigenvalue weighted by Gasteiger charge is 2.11. The van der Waals surface area contributed by atoms with Gasteiger partial charge >= 0.3 is 0 Å². The molecule has 0 aliphatic rings. The van der Waals surface area contributed by atoms with E-state index in [0.717, 1.165) is 0 Å². The predicted molar refractivity (Wildman–Crippen MR) is 49.1 cm³/mol. The second kappa shape index (κ2) is 2.52. The number of anilines is 1. The minimum Gasteiger partial charge on any atom is -0.461 e. The number of furan rings is 1. The molecule has 1 aromatic heterocycles. The van der Waals surface area contributed by atoms with Crippen LogP contribution in [0.25, 0.3) is 11.0 Å². The van der Waals surface area contributed by atoms with Crippen LogP contribution >= 0.6 is 0 Å². The summed E-state index contributed by atoms with van der Waals surface area (Å²) in [5.41, 5.74) is 12.1. The van der Waals surface area contributed by atoms with Gasteiger partial charge in [0, 0.05) is 5.39 Å². The number of nitrogens with two attached hydrogens (primary N) is 2. The first-order chi connectivity index (χ1) is 6.20. The Balaban J connectivity index is 2.83. The molecule has 66 valence electrons. The third-order valence-electron chi connectivity index (χ3n) is 1.90. The van der Waals surface area contributed by atoms with Crippen molar-refractivity contribution in [3.05, 3.63) is 30.0 Å². The van der Waals surface area contributed by atoms with Gasteiger partial charge in [-0.15, -0.1) is 0 Å². The van der Waals surface area contributed by atoms with Crippen molar-refractivity contribution in [2.24, 2.45) is 5.73 Å². The van der Waals surface area contributed by atoms with E-state index in [1.807, 2.05) is 0 Å². The van der Waals surface area contributed by atoms with E-state index in [2.05, 4.69) is 0 Å². The van der Waals surface area contributed by atoms with Crippen molar-refractivity contribution in [1.82, 2.24) is 0 Å². The molecule has 0 atom stereocenters. The Morgan fingerprint density at radius 2 is 2.15 bits per heavy atom. The van der Waals surface area contributed by atoms with Crippen molar-refractivity contribution in [2.45, 2.75) is 0 Å². The van der Waals surface area contributed by atoms with Gasteiger partial charge in [-0.25, -0.2) is 0 Å². The van der Waals surface area contributed by atoms with Crippen LogP contribution in [-0.4, -0.2) is 5.91 Å². The molecule has 0 bridgehead atoms. The third kappa shape index (κ3) is 1.03. The first-order valence-corrected chi connectivity index (χ1v) is 3.75. The topological polar surface area (TPSA) is 82.2 Å². The van der Waals surface area contributed by atoms with E-state index < -0.39 is 5.91 Å². The van der Waals surface area contributed by atoms with Gasteiger partial charge in [0.25, 0.3) is 5.91 Å². The Labute approximate surface area is 74.1 Å². The molecular formula is C9H8N2O2. The van der Waals surface area contributed by atoms with Gasteiger partial charge < -0.3 is 15.9 Å². The molecule has 4 heteroatoms. The zero-order chi connectivity index (χ0) is 9.42. The van der Waals surface area contributed by atoms with Crippen LogP contribution in [-0.2, 0) is 0 Å². The van der Waals surface area contributed by atoms with Crippen LogP contribution in [0.5, 0.6) is 0 Å². The molecule has 0 aliphatic carbocycles. The highest BCUT2D eigenvalue weighted by atomic mass is 16.3. The van der Waals surface area contributed by atoms with Gasteiger partial charge in [-0.2, -0.15) is 0 Å². The second-order valence-corrected chi connectivity index (χ2v) is 2.74. The summed E-state index contributed by atoms with van der Waals surface area (Å²) in [6, 6.07) is 5.20. The molecule has 0 spiro atoms. The number of hydrogen-bond donors (Lipinski definition) is 2. The van der Waals surface area contributed by atoms with Gasteiger partial charge in [0.05, 0.1) is 11.3 Å². The molecule has 0 radical (unpaired) electrons. The van der Waals surface area contributed by atoms with Crippen molar-refractivity contribution in [2.75, 3.05) is 5.73 Å². The van der Waals surface area contributed by atoms with E-state index in [4.69, 9.17) is 15.9 Å². The second-order valence-electron chi connectivity index (χ2n) is 2.74. The molecule has 0 saturated carbocycles. The minimum atomic E-state index is -0.510. The fraction of sp³-hybridized carbons (Fsp3) is 0. The maximum atomic E-state index is 10.9. The Bertz CT molecular complexity index is 473. The van der Waals surface area contributed by atoms with Gasteiger partial charge in [0.2, 0.25) is 0 Å².